The molecule has 2 bridgehead atoms. The number of carbonyl (C=O) groups is 1. The van der Waals surface area contributed by atoms with Crippen LogP contribution in [0.1, 0.15) is 42.6 Å². The first-order valence-electron chi connectivity index (χ1n) is 9.61. The van der Waals surface area contributed by atoms with Crippen molar-refractivity contribution in [2.45, 2.75) is 40.2 Å². The van der Waals surface area contributed by atoms with E-state index >= 15 is 0 Å². The highest BCUT2D eigenvalue weighted by Crippen LogP contribution is 2.23. The molecule has 4 rings (SSSR count). The van der Waals surface area contributed by atoms with Crippen LogP contribution >= 0.6 is 0 Å². The molecule has 28 heavy (non-hydrogen) atoms. The average molecular weight is 379 g/mol. The monoisotopic (exact) mass is 379 g/mol. The summed E-state index contributed by atoms with van der Waals surface area (Å²) in [6.07, 6.45) is 3.48. The Bertz CT molecular complexity index is 951. The van der Waals surface area contributed by atoms with Gasteiger partial charge >= 0.3 is 0 Å². The van der Waals surface area contributed by atoms with Crippen LogP contribution < -0.4 is 10.1 Å². The van der Waals surface area contributed by atoms with Crippen molar-refractivity contribution < 1.29 is 9.53 Å². The molecule has 1 amide bonds. The fourth-order valence-corrected chi connectivity index (χ4v) is 2.94. The third-order valence-electron chi connectivity index (χ3n) is 4.27. The molecule has 0 aliphatic carbocycles. The number of rotatable bonds is 0. The minimum absolute atomic E-state index is 0.244. The number of benzene rings is 1. The van der Waals surface area contributed by atoms with E-state index < -0.39 is 0 Å². The number of fused-ring (bicyclic) bond motifs is 5. The molecular weight excluding hydrogens is 354 g/mol. The van der Waals surface area contributed by atoms with Crippen molar-refractivity contribution in [2.24, 2.45) is 0 Å². The maximum Gasteiger partial charge on any atom is 0.260 e. The summed E-state index contributed by atoms with van der Waals surface area (Å²) in [4.78, 5) is 17.3. The minimum atomic E-state index is -0.244. The first-order valence-corrected chi connectivity index (χ1v) is 9.61. The smallest absolute Gasteiger partial charge is 0.260 e. The Labute approximate surface area is 164 Å². The van der Waals surface area contributed by atoms with Gasteiger partial charge in [0, 0.05) is 6.54 Å². The first-order chi connectivity index (χ1) is 13.7. The van der Waals surface area contributed by atoms with Crippen LogP contribution in [0.3, 0.4) is 0 Å². The number of aromatic nitrogens is 4. The number of hydrogen-bond donors (Lipinski definition) is 1. The fraction of sp³-hybridized carbons (Fsp3) is 0.333. The van der Waals surface area contributed by atoms with Crippen molar-refractivity contribution in [1.82, 2.24) is 19.7 Å². The molecule has 0 spiro atoms. The Morgan fingerprint density at radius 3 is 2.86 bits per heavy atom. The van der Waals surface area contributed by atoms with Crippen LogP contribution in [0.2, 0.25) is 0 Å². The van der Waals surface area contributed by atoms with Gasteiger partial charge in [-0.3, -0.25) is 4.79 Å². The van der Waals surface area contributed by atoms with E-state index in [1.165, 1.54) is 0 Å². The summed E-state index contributed by atoms with van der Waals surface area (Å²) in [6.45, 7) is 7.28. The highest BCUT2D eigenvalue weighted by molar-refractivity contribution is 6.06. The SMILES string of the molecule is CC.Cc1ccc2c(c1)C(=O)Nc1cccc(n1)-c1nncn1CCCCO2. The Balaban J connectivity index is 0.00000109. The van der Waals surface area contributed by atoms with Crippen LogP contribution in [0.15, 0.2) is 42.7 Å². The second-order valence-electron chi connectivity index (χ2n) is 6.27. The summed E-state index contributed by atoms with van der Waals surface area (Å²) in [6, 6.07) is 11.1. The van der Waals surface area contributed by atoms with Gasteiger partial charge in [0.1, 0.15) is 23.6 Å². The van der Waals surface area contributed by atoms with Gasteiger partial charge in [0.25, 0.3) is 5.91 Å². The van der Waals surface area contributed by atoms with E-state index in [1.807, 2.05) is 55.7 Å². The lowest BCUT2D eigenvalue weighted by atomic mass is 10.1. The van der Waals surface area contributed by atoms with E-state index in [1.54, 1.807) is 12.4 Å². The van der Waals surface area contributed by atoms with Gasteiger partial charge < -0.3 is 14.6 Å². The normalized spacial score (nSPS) is 13.6. The standard InChI is InChI=1S/C19H19N5O2.C2H6/c1-13-7-8-16-14(11-13)19(25)22-17-6-4-5-15(21-17)18-23-20-12-24(18)9-2-3-10-26-16;1-2/h4-8,11-12H,2-3,9-10H2,1H3,(H,21,22,25);1-2H3. The third-order valence-corrected chi connectivity index (χ3v) is 4.27. The molecule has 0 saturated carbocycles. The Morgan fingerprint density at radius 2 is 2.00 bits per heavy atom. The number of aryl methyl sites for hydroxylation is 2. The molecule has 146 valence electrons. The molecular formula is C21H25N5O2. The predicted octanol–water partition coefficient (Wildman–Crippen LogP) is 4.10. The molecule has 7 nitrogen and oxygen atoms in total. The molecule has 2 aromatic heterocycles. The summed E-state index contributed by atoms with van der Waals surface area (Å²) >= 11 is 0. The van der Waals surface area contributed by atoms with Crippen LogP contribution in [-0.2, 0) is 6.54 Å². The van der Waals surface area contributed by atoms with Gasteiger partial charge in [-0.25, -0.2) is 4.98 Å². The third kappa shape index (κ3) is 4.36. The van der Waals surface area contributed by atoms with Gasteiger partial charge in [-0.15, -0.1) is 10.2 Å². The number of amides is 1. The predicted molar refractivity (Wildman–Crippen MR) is 108 cm³/mol. The first kappa shape index (κ1) is 19.5. The van der Waals surface area contributed by atoms with Crippen molar-refractivity contribution in [3.63, 3.8) is 0 Å². The molecule has 0 unspecified atom stereocenters. The summed E-state index contributed by atoms with van der Waals surface area (Å²) in [7, 11) is 0. The van der Waals surface area contributed by atoms with Crippen molar-refractivity contribution >= 4 is 11.7 Å². The van der Waals surface area contributed by atoms with Crippen LogP contribution in [0.25, 0.3) is 11.5 Å². The second-order valence-corrected chi connectivity index (χ2v) is 6.27. The maximum atomic E-state index is 12.8. The zero-order valence-electron chi connectivity index (χ0n) is 16.5. The highest BCUT2D eigenvalue weighted by atomic mass is 16.5. The number of nitrogens with zero attached hydrogens (tertiary/aromatic N) is 4. The zero-order valence-corrected chi connectivity index (χ0v) is 16.5. The lowest BCUT2D eigenvalue weighted by Gasteiger charge is -2.14. The Hall–Kier alpha value is -3.22. The van der Waals surface area contributed by atoms with Crippen LogP contribution in [0.5, 0.6) is 5.75 Å². The molecule has 7 heteroatoms. The van der Waals surface area contributed by atoms with Crippen molar-refractivity contribution in [2.75, 3.05) is 11.9 Å². The molecule has 1 aromatic carbocycles. The van der Waals surface area contributed by atoms with Crippen molar-refractivity contribution in [3.8, 4) is 17.3 Å². The van der Waals surface area contributed by atoms with Crippen LogP contribution in [0.4, 0.5) is 5.82 Å². The van der Waals surface area contributed by atoms with E-state index in [0.29, 0.717) is 35.3 Å². The lowest BCUT2D eigenvalue weighted by Crippen LogP contribution is -2.16. The molecule has 0 radical (unpaired) electrons. The fourth-order valence-electron chi connectivity index (χ4n) is 2.94. The Morgan fingerprint density at radius 1 is 1.14 bits per heavy atom. The molecule has 0 atom stereocenters. The molecule has 3 heterocycles. The van der Waals surface area contributed by atoms with E-state index in [2.05, 4.69) is 20.5 Å². The number of carbonyl (C=O) groups excluding carboxylic acids is 1. The Kier molecular flexibility index (Phi) is 6.37. The highest BCUT2D eigenvalue weighted by Gasteiger charge is 2.16. The summed E-state index contributed by atoms with van der Waals surface area (Å²) in [5, 5.41) is 11.0. The van der Waals surface area contributed by atoms with E-state index in [4.69, 9.17) is 4.74 Å². The van der Waals surface area contributed by atoms with Gasteiger partial charge in [0.15, 0.2) is 5.82 Å². The van der Waals surface area contributed by atoms with E-state index in [0.717, 1.165) is 24.9 Å². The summed E-state index contributed by atoms with van der Waals surface area (Å²) < 4.78 is 7.83. The number of ether oxygens (including phenoxy) is 1. The number of anilines is 1. The lowest BCUT2D eigenvalue weighted by molar-refractivity contribution is 0.102. The van der Waals surface area contributed by atoms with Crippen LogP contribution in [0, 0.1) is 6.92 Å². The molecule has 3 aromatic rings. The number of pyridine rings is 1. The van der Waals surface area contributed by atoms with Gasteiger partial charge in [0.2, 0.25) is 0 Å². The van der Waals surface area contributed by atoms with Crippen LogP contribution in [-0.4, -0.2) is 32.3 Å². The van der Waals surface area contributed by atoms with Crippen molar-refractivity contribution in [1.29, 1.82) is 0 Å². The molecule has 0 saturated heterocycles. The molecule has 0 fully saturated rings. The minimum Gasteiger partial charge on any atom is -0.493 e. The van der Waals surface area contributed by atoms with Crippen molar-refractivity contribution in [3.05, 3.63) is 53.9 Å². The molecule has 1 aliphatic heterocycles. The largest absolute Gasteiger partial charge is 0.493 e. The topological polar surface area (TPSA) is 81.9 Å². The van der Waals surface area contributed by atoms with Gasteiger partial charge in [-0.1, -0.05) is 31.5 Å². The van der Waals surface area contributed by atoms with Gasteiger partial charge in [-0.2, -0.15) is 0 Å². The van der Waals surface area contributed by atoms with E-state index in [9.17, 15) is 4.79 Å². The molecule has 1 aliphatic rings. The maximum absolute atomic E-state index is 12.8. The van der Waals surface area contributed by atoms with E-state index in [-0.39, 0.29) is 5.91 Å². The molecule has 1 N–H and O–H groups in total. The zero-order chi connectivity index (χ0) is 19.9. The summed E-state index contributed by atoms with van der Waals surface area (Å²) in [5.74, 6) is 1.50. The number of hydrogen-bond acceptors (Lipinski definition) is 5. The number of nitrogens with one attached hydrogen (secondary N) is 1. The van der Waals surface area contributed by atoms with Gasteiger partial charge in [0.05, 0.1) is 12.2 Å². The van der Waals surface area contributed by atoms with Gasteiger partial charge in [-0.05, 0) is 44.0 Å². The second kappa shape index (κ2) is 9.12. The summed E-state index contributed by atoms with van der Waals surface area (Å²) in [5.41, 5.74) is 2.19. The quantitative estimate of drug-likeness (QED) is 0.636. The average Bonchev–Trinajstić information content (AvgIpc) is 3.18.